The van der Waals surface area contributed by atoms with Crippen molar-refractivity contribution in [1.82, 2.24) is 5.32 Å². The molecule has 0 saturated heterocycles. The monoisotopic (exact) mass is 276 g/mol. The molecular weight excluding hydrogens is 260 g/mol. The number of benzene rings is 1. The first-order chi connectivity index (χ1) is 9.20. The van der Waals surface area contributed by atoms with E-state index >= 15 is 0 Å². The van der Waals surface area contributed by atoms with Gasteiger partial charge in [-0.1, -0.05) is 0 Å². The number of carbonyl (C=O) groups is 1. The van der Waals surface area contributed by atoms with E-state index in [0.717, 1.165) is 10.7 Å². The zero-order valence-corrected chi connectivity index (χ0v) is 11.5. The SMILES string of the molecule is CCNC(=O)c1ccc(N)c(SCc2ccco2)c1. The van der Waals surface area contributed by atoms with E-state index in [2.05, 4.69) is 5.32 Å². The average Bonchev–Trinajstić information content (AvgIpc) is 2.91. The molecule has 0 unspecified atom stereocenters. The van der Waals surface area contributed by atoms with Gasteiger partial charge in [-0.05, 0) is 37.3 Å². The zero-order chi connectivity index (χ0) is 13.7. The summed E-state index contributed by atoms with van der Waals surface area (Å²) in [6.07, 6.45) is 1.64. The van der Waals surface area contributed by atoms with Gasteiger partial charge in [-0.2, -0.15) is 0 Å². The maximum atomic E-state index is 11.8. The van der Waals surface area contributed by atoms with Crippen LogP contribution in [0.5, 0.6) is 0 Å². The number of anilines is 1. The third-order valence-electron chi connectivity index (χ3n) is 2.56. The summed E-state index contributed by atoms with van der Waals surface area (Å²) in [7, 11) is 0. The highest BCUT2D eigenvalue weighted by Gasteiger charge is 2.08. The second kappa shape index (κ2) is 6.33. The molecule has 0 atom stereocenters. The van der Waals surface area contributed by atoms with Crippen LogP contribution in [0.1, 0.15) is 23.0 Å². The largest absolute Gasteiger partial charge is 0.468 e. The predicted molar refractivity (Wildman–Crippen MR) is 77.1 cm³/mol. The smallest absolute Gasteiger partial charge is 0.251 e. The van der Waals surface area contributed by atoms with Gasteiger partial charge in [0.25, 0.3) is 5.91 Å². The van der Waals surface area contributed by atoms with Gasteiger partial charge in [0.05, 0.1) is 12.0 Å². The molecule has 19 heavy (non-hydrogen) atoms. The molecule has 1 aromatic carbocycles. The van der Waals surface area contributed by atoms with Crippen molar-refractivity contribution in [3.63, 3.8) is 0 Å². The summed E-state index contributed by atoms with van der Waals surface area (Å²) in [6.45, 7) is 2.50. The summed E-state index contributed by atoms with van der Waals surface area (Å²) in [5.74, 6) is 1.49. The summed E-state index contributed by atoms with van der Waals surface area (Å²) < 4.78 is 5.27. The molecule has 1 aromatic heterocycles. The topological polar surface area (TPSA) is 68.3 Å². The van der Waals surface area contributed by atoms with Gasteiger partial charge in [0, 0.05) is 22.7 Å². The van der Waals surface area contributed by atoms with Crippen LogP contribution in [-0.2, 0) is 5.75 Å². The van der Waals surface area contributed by atoms with E-state index in [1.165, 1.54) is 0 Å². The molecule has 2 aromatic rings. The van der Waals surface area contributed by atoms with Crippen LogP contribution in [0.3, 0.4) is 0 Å². The van der Waals surface area contributed by atoms with E-state index in [0.29, 0.717) is 23.5 Å². The Morgan fingerprint density at radius 2 is 2.26 bits per heavy atom. The van der Waals surface area contributed by atoms with Gasteiger partial charge >= 0.3 is 0 Å². The molecule has 0 saturated carbocycles. The Labute approximate surface area is 116 Å². The minimum atomic E-state index is -0.0812. The van der Waals surface area contributed by atoms with Crippen molar-refractivity contribution in [2.75, 3.05) is 12.3 Å². The molecule has 4 nitrogen and oxygen atoms in total. The van der Waals surface area contributed by atoms with Crippen LogP contribution < -0.4 is 11.1 Å². The molecule has 3 N–H and O–H groups in total. The van der Waals surface area contributed by atoms with Gasteiger partial charge in [0.1, 0.15) is 5.76 Å². The first-order valence-corrected chi connectivity index (χ1v) is 7.02. The van der Waals surface area contributed by atoms with E-state index in [-0.39, 0.29) is 5.91 Å². The van der Waals surface area contributed by atoms with E-state index in [9.17, 15) is 4.79 Å². The van der Waals surface area contributed by atoms with Crippen molar-refractivity contribution in [2.24, 2.45) is 0 Å². The number of nitrogens with one attached hydrogen (secondary N) is 1. The number of carbonyl (C=O) groups excluding carboxylic acids is 1. The lowest BCUT2D eigenvalue weighted by Gasteiger charge is -2.07. The van der Waals surface area contributed by atoms with Crippen molar-refractivity contribution in [3.05, 3.63) is 47.9 Å². The van der Waals surface area contributed by atoms with Crippen molar-refractivity contribution in [1.29, 1.82) is 0 Å². The van der Waals surface area contributed by atoms with Crippen molar-refractivity contribution in [3.8, 4) is 0 Å². The van der Waals surface area contributed by atoms with Crippen molar-refractivity contribution < 1.29 is 9.21 Å². The summed E-state index contributed by atoms with van der Waals surface area (Å²) in [5.41, 5.74) is 7.21. The molecular formula is C14H16N2O2S. The van der Waals surface area contributed by atoms with Crippen LogP contribution in [-0.4, -0.2) is 12.5 Å². The zero-order valence-electron chi connectivity index (χ0n) is 10.7. The van der Waals surface area contributed by atoms with Gasteiger partial charge in [0.2, 0.25) is 0 Å². The lowest BCUT2D eigenvalue weighted by molar-refractivity contribution is 0.0955. The van der Waals surface area contributed by atoms with E-state index < -0.39 is 0 Å². The highest BCUT2D eigenvalue weighted by atomic mass is 32.2. The van der Waals surface area contributed by atoms with E-state index in [1.54, 1.807) is 30.2 Å². The molecule has 0 radical (unpaired) electrons. The van der Waals surface area contributed by atoms with Crippen molar-refractivity contribution >= 4 is 23.4 Å². The highest BCUT2D eigenvalue weighted by Crippen LogP contribution is 2.29. The fourth-order valence-electron chi connectivity index (χ4n) is 1.61. The van der Waals surface area contributed by atoms with Crippen molar-refractivity contribution in [2.45, 2.75) is 17.6 Å². The second-order valence-corrected chi connectivity index (χ2v) is 5.00. The Hall–Kier alpha value is -1.88. The van der Waals surface area contributed by atoms with Gasteiger partial charge in [-0.25, -0.2) is 0 Å². The quantitative estimate of drug-likeness (QED) is 0.651. The van der Waals surface area contributed by atoms with Gasteiger partial charge in [-0.15, -0.1) is 11.8 Å². The molecule has 0 aliphatic rings. The van der Waals surface area contributed by atoms with E-state index in [1.807, 2.05) is 25.1 Å². The van der Waals surface area contributed by atoms with Crippen LogP contribution in [0.15, 0.2) is 45.9 Å². The normalized spacial score (nSPS) is 10.4. The number of thioether (sulfide) groups is 1. The molecule has 2 rings (SSSR count). The molecule has 5 heteroatoms. The first kappa shape index (κ1) is 13.5. The molecule has 0 bridgehead atoms. The summed E-state index contributed by atoms with van der Waals surface area (Å²) in [4.78, 5) is 12.7. The summed E-state index contributed by atoms with van der Waals surface area (Å²) in [6, 6.07) is 9.07. The number of nitrogen functional groups attached to an aromatic ring is 1. The Kier molecular flexibility index (Phi) is 4.52. The molecule has 0 fully saturated rings. The Morgan fingerprint density at radius 3 is 2.95 bits per heavy atom. The maximum absolute atomic E-state index is 11.8. The maximum Gasteiger partial charge on any atom is 0.251 e. The Balaban J connectivity index is 2.10. The van der Waals surface area contributed by atoms with Gasteiger partial charge in [0.15, 0.2) is 0 Å². The minimum Gasteiger partial charge on any atom is -0.468 e. The third-order valence-corrected chi connectivity index (χ3v) is 3.66. The standard InChI is InChI=1S/C14H16N2O2S/c1-2-16-14(17)10-5-6-12(15)13(8-10)19-9-11-4-3-7-18-11/h3-8H,2,9,15H2,1H3,(H,16,17). The number of rotatable bonds is 5. The van der Waals surface area contributed by atoms with Crippen LogP contribution in [0.25, 0.3) is 0 Å². The van der Waals surface area contributed by atoms with E-state index in [4.69, 9.17) is 10.2 Å². The first-order valence-electron chi connectivity index (χ1n) is 6.03. The fraction of sp³-hybridized carbons (Fsp3) is 0.214. The Morgan fingerprint density at radius 1 is 1.42 bits per heavy atom. The average molecular weight is 276 g/mol. The minimum absolute atomic E-state index is 0.0812. The van der Waals surface area contributed by atoms with Crippen LogP contribution in [0, 0.1) is 0 Å². The number of hydrogen-bond donors (Lipinski definition) is 2. The lowest BCUT2D eigenvalue weighted by atomic mass is 10.2. The fourth-order valence-corrected chi connectivity index (χ4v) is 2.51. The van der Waals surface area contributed by atoms with Crippen LogP contribution in [0.4, 0.5) is 5.69 Å². The molecule has 0 aliphatic carbocycles. The molecule has 0 spiro atoms. The third kappa shape index (κ3) is 3.54. The molecule has 1 heterocycles. The highest BCUT2D eigenvalue weighted by molar-refractivity contribution is 7.98. The molecule has 100 valence electrons. The summed E-state index contributed by atoms with van der Waals surface area (Å²) >= 11 is 1.56. The lowest BCUT2D eigenvalue weighted by Crippen LogP contribution is -2.22. The van der Waals surface area contributed by atoms with Gasteiger partial charge < -0.3 is 15.5 Å². The number of furan rings is 1. The number of nitrogens with two attached hydrogens (primary N) is 1. The predicted octanol–water partition coefficient (Wildman–Crippen LogP) is 2.90. The summed E-state index contributed by atoms with van der Waals surface area (Å²) in [5, 5.41) is 2.77. The number of hydrogen-bond acceptors (Lipinski definition) is 4. The number of amides is 1. The van der Waals surface area contributed by atoms with Crippen LogP contribution in [0.2, 0.25) is 0 Å². The molecule has 1 amide bonds. The van der Waals surface area contributed by atoms with Crippen LogP contribution >= 0.6 is 11.8 Å². The Bertz CT molecular complexity index is 553. The second-order valence-electron chi connectivity index (χ2n) is 3.98. The van der Waals surface area contributed by atoms with Gasteiger partial charge in [-0.3, -0.25) is 4.79 Å². The molecule has 0 aliphatic heterocycles.